The number of halogens is 1. The molecule has 2 rings (SSSR count). The van der Waals surface area contributed by atoms with E-state index < -0.39 is 17.9 Å². The number of phenolic OH excluding ortho intramolecular Hbond substituents is 1. The number of hydrogen-bond acceptors (Lipinski definition) is 3. The number of aliphatic carboxylic acids is 1. The average Bonchev–Trinajstić information content (AvgIpc) is 2.40. The number of carboxylic acid groups (broad SMARTS) is 1. The predicted molar refractivity (Wildman–Crippen MR) is 77.1 cm³/mol. The summed E-state index contributed by atoms with van der Waals surface area (Å²) >= 11 is 2.05. The molecule has 0 bridgehead atoms. The molecule has 1 aliphatic rings. The summed E-state index contributed by atoms with van der Waals surface area (Å²) in [6.07, 6.45) is 2.06. The minimum atomic E-state index is -0.988. The number of likely N-dealkylation sites (tertiary alicyclic amines) is 1. The van der Waals surface area contributed by atoms with E-state index in [0.29, 0.717) is 13.0 Å². The van der Waals surface area contributed by atoms with Crippen molar-refractivity contribution in [3.8, 4) is 5.75 Å². The number of carbonyl (C=O) groups excluding carboxylic acids is 1. The lowest BCUT2D eigenvalue weighted by Gasteiger charge is -2.33. The highest BCUT2D eigenvalue weighted by Gasteiger charge is 2.33. The summed E-state index contributed by atoms with van der Waals surface area (Å²) in [7, 11) is 0. The van der Waals surface area contributed by atoms with Crippen LogP contribution >= 0.6 is 22.6 Å². The third-order valence-corrected chi connectivity index (χ3v) is 3.91. The Hall–Kier alpha value is -1.31. The second kappa shape index (κ2) is 5.77. The number of phenols is 1. The molecule has 102 valence electrons. The van der Waals surface area contributed by atoms with Gasteiger partial charge in [0.05, 0.1) is 5.56 Å². The number of aromatic hydroxyl groups is 1. The number of benzene rings is 1. The van der Waals surface area contributed by atoms with Gasteiger partial charge in [0.15, 0.2) is 0 Å². The van der Waals surface area contributed by atoms with Crippen molar-refractivity contribution in [2.45, 2.75) is 25.3 Å². The predicted octanol–water partition coefficient (Wildman–Crippen LogP) is 2.08. The first kappa shape index (κ1) is 14.1. The molecule has 0 unspecified atom stereocenters. The van der Waals surface area contributed by atoms with E-state index in [1.807, 2.05) is 22.6 Å². The highest BCUT2D eigenvalue weighted by molar-refractivity contribution is 14.1. The van der Waals surface area contributed by atoms with Gasteiger partial charge in [-0.2, -0.15) is 0 Å². The molecule has 1 heterocycles. The third-order valence-electron chi connectivity index (χ3n) is 3.24. The Kier molecular flexibility index (Phi) is 4.28. The van der Waals surface area contributed by atoms with Crippen molar-refractivity contribution < 1.29 is 19.8 Å². The number of hydrogen-bond donors (Lipinski definition) is 2. The number of nitrogens with zero attached hydrogens (tertiary/aromatic N) is 1. The lowest BCUT2D eigenvalue weighted by molar-refractivity contribution is -0.143. The standard InChI is InChI=1S/C13H14INO4/c14-8-4-5-11(16)9(7-8)12(17)15-6-2-1-3-10(15)13(18)19/h4-5,7,10,16H,1-3,6H2,(H,18,19)/t10-/m1/s1. The zero-order chi connectivity index (χ0) is 14.0. The first-order valence-electron chi connectivity index (χ1n) is 6.03. The lowest BCUT2D eigenvalue weighted by atomic mass is 10.0. The number of amides is 1. The van der Waals surface area contributed by atoms with E-state index in [4.69, 9.17) is 0 Å². The summed E-state index contributed by atoms with van der Waals surface area (Å²) < 4.78 is 0.822. The van der Waals surface area contributed by atoms with Gasteiger partial charge in [-0.25, -0.2) is 4.79 Å². The first-order valence-corrected chi connectivity index (χ1v) is 7.11. The summed E-state index contributed by atoms with van der Waals surface area (Å²) in [4.78, 5) is 24.9. The van der Waals surface area contributed by atoms with Crippen molar-refractivity contribution in [1.82, 2.24) is 4.90 Å². The van der Waals surface area contributed by atoms with Gasteiger partial charge in [0.1, 0.15) is 11.8 Å². The molecule has 19 heavy (non-hydrogen) atoms. The molecule has 0 radical (unpaired) electrons. The first-order chi connectivity index (χ1) is 9.00. The van der Waals surface area contributed by atoms with Gasteiger partial charge in [-0.1, -0.05) is 0 Å². The molecule has 0 spiro atoms. The van der Waals surface area contributed by atoms with Crippen molar-refractivity contribution in [2.75, 3.05) is 6.54 Å². The van der Waals surface area contributed by atoms with Gasteiger partial charge in [0.2, 0.25) is 0 Å². The lowest BCUT2D eigenvalue weighted by Crippen LogP contribution is -2.48. The number of carboxylic acids is 1. The molecule has 0 aromatic heterocycles. The molecule has 2 N–H and O–H groups in total. The van der Waals surface area contributed by atoms with Crippen LogP contribution in [0.25, 0.3) is 0 Å². The van der Waals surface area contributed by atoms with Crippen LogP contribution in [0.4, 0.5) is 0 Å². The molecule has 5 nitrogen and oxygen atoms in total. The van der Waals surface area contributed by atoms with Crippen molar-refractivity contribution in [1.29, 1.82) is 0 Å². The van der Waals surface area contributed by atoms with Crippen molar-refractivity contribution in [3.05, 3.63) is 27.3 Å². The minimum absolute atomic E-state index is 0.111. The van der Waals surface area contributed by atoms with E-state index in [2.05, 4.69) is 0 Å². The molecule has 0 aliphatic carbocycles. The number of piperidine rings is 1. The summed E-state index contributed by atoms with van der Waals surface area (Å²) in [5.41, 5.74) is 0.167. The molecule has 1 aliphatic heterocycles. The molecule has 1 aromatic rings. The number of rotatable bonds is 2. The zero-order valence-electron chi connectivity index (χ0n) is 10.2. The molecule has 6 heteroatoms. The van der Waals surface area contributed by atoms with E-state index in [1.165, 1.54) is 11.0 Å². The fourth-order valence-electron chi connectivity index (χ4n) is 2.27. The largest absolute Gasteiger partial charge is 0.507 e. The van der Waals surface area contributed by atoms with E-state index >= 15 is 0 Å². The summed E-state index contributed by atoms with van der Waals surface area (Å²) in [5, 5.41) is 18.9. The van der Waals surface area contributed by atoms with Gasteiger partial charge in [0, 0.05) is 10.1 Å². The van der Waals surface area contributed by atoms with Gasteiger partial charge in [-0.15, -0.1) is 0 Å². The molecule has 1 aromatic carbocycles. The fourth-order valence-corrected chi connectivity index (χ4v) is 2.76. The van der Waals surface area contributed by atoms with Crippen LogP contribution in [0, 0.1) is 3.57 Å². The molecule has 1 saturated heterocycles. The Bertz CT molecular complexity index is 517. The van der Waals surface area contributed by atoms with E-state index in [0.717, 1.165) is 16.4 Å². The maximum Gasteiger partial charge on any atom is 0.326 e. The molecule has 1 atom stereocenters. The van der Waals surface area contributed by atoms with Crippen LogP contribution in [0.15, 0.2) is 18.2 Å². The van der Waals surface area contributed by atoms with Crippen LogP contribution in [0.1, 0.15) is 29.6 Å². The van der Waals surface area contributed by atoms with Crippen molar-refractivity contribution in [2.24, 2.45) is 0 Å². The quantitative estimate of drug-likeness (QED) is 0.776. The fraction of sp³-hybridized carbons (Fsp3) is 0.385. The van der Waals surface area contributed by atoms with Crippen LogP contribution in [-0.4, -0.2) is 39.6 Å². The summed E-state index contributed by atoms with van der Waals surface area (Å²) in [5.74, 6) is -1.51. The van der Waals surface area contributed by atoms with Gasteiger partial charge in [0.25, 0.3) is 5.91 Å². The normalized spacial score (nSPS) is 19.2. The van der Waals surface area contributed by atoms with Gasteiger partial charge in [-0.3, -0.25) is 4.79 Å². The average molecular weight is 375 g/mol. The molecule has 0 saturated carbocycles. The Balaban J connectivity index is 2.31. The third kappa shape index (κ3) is 2.99. The highest BCUT2D eigenvalue weighted by Crippen LogP contribution is 2.25. The Labute approximate surface area is 124 Å². The second-order valence-corrected chi connectivity index (χ2v) is 5.76. The van der Waals surface area contributed by atoms with Crippen LogP contribution in [0.3, 0.4) is 0 Å². The zero-order valence-corrected chi connectivity index (χ0v) is 12.3. The Morgan fingerprint density at radius 3 is 2.74 bits per heavy atom. The molecule has 1 amide bonds. The van der Waals surface area contributed by atoms with Crippen molar-refractivity contribution >= 4 is 34.5 Å². The van der Waals surface area contributed by atoms with E-state index in [1.54, 1.807) is 12.1 Å². The van der Waals surface area contributed by atoms with Gasteiger partial charge < -0.3 is 15.1 Å². The number of carbonyl (C=O) groups is 2. The van der Waals surface area contributed by atoms with Gasteiger partial charge >= 0.3 is 5.97 Å². The smallest absolute Gasteiger partial charge is 0.326 e. The molecular formula is C13H14INO4. The van der Waals surface area contributed by atoms with Gasteiger partial charge in [-0.05, 0) is 60.1 Å². The second-order valence-electron chi connectivity index (χ2n) is 4.51. The Morgan fingerprint density at radius 1 is 1.32 bits per heavy atom. The summed E-state index contributed by atoms with van der Waals surface area (Å²) in [6.45, 7) is 0.417. The van der Waals surface area contributed by atoms with Crippen LogP contribution in [-0.2, 0) is 4.79 Å². The summed E-state index contributed by atoms with van der Waals surface area (Å²) in [6, 6.07) is 3.93. The van der Waals surface area contributed by atoms with E-state index in [-0.39, 0.29) is 11.3 Å². The van der Waals surface area contributed by atoms with E-state index in [9.17, 15) is 19.8 Å². The maximum absolute atomic E-state index is 12.4. The minimum Gasteiger partial charge on any atom is -0.507 e. The van der Waals surface area contributed by atoms with Crippen LogP contribution < -0.4 is 0 Å². The maximum atomic E-state index is 12.4. The SMILES string of the molecule is O=C(O)[C@H]1CCCCN1C(=O)c1cc(I)ccc1O. The molecular weight excluding hydrogens is 361 g/mol. The topological polar surface area (TPSA) is 77.8 Å². The Morgan fingerprint density at radius 2 is 2.05 bits per heavy atom. The van der Waals surface area contributed by atoms with Crippen molar-refractivity contribution in [3.63, 3.8) is 0 Å². The molecule has 1 fully saturated rings. The highest BCUT2D eigenvalue weighted by atomic mass is 127. The monoisotopic (exact) mass is 375 g/mol. The van der Waals surface area contributed by atoms with Crippen LogP contribution in [0.2, 0.25) is 0 Å². The van der Waals surface area contributed by atoms with Crippen LogP contribution in [0.5, 0.6) is 5.75 Å².